The van der Waals surface area contributed by atoms with E-state index in [-0.39, 0.29) is 0 Å². The van der Waals surface area contributed by atoms with Crippen molar-refractivity contribution in [3.63, 3.8) is 0 Å². The fourth-order valence-electron chi connectivity index (χ4n) is 2.44. The molecule has 2 saturated carbocycles. The largest absolute Gasteiger partial charge is 0.379 e. The Morgan fingerprint density at radius 2 is 2.10 bits per heavy atom. The Morgan fingerprint density at radius 3 is 2.81 bits per heavy atom. The van der Waals surface area contributed by atoms with Gasteiger partial charge in [-0.1, -0.05) is 22.0 Å². The molecule has 0 saturated heterocycles. The Balaban J connectivity index is 1.53. The van der Waals surface area contributed by atoms with Crippen LogP contribution in [0.3, 0.4) is 0 Å². The first-order valence-electron chi connectivity index (χ1n) is 8.03. The van der Waals surface area contributed by atoms with Gasteiger partial charge in [0.25, 0.3) is 0 Å². The Morgan fingerprint density at radius 1 is 1.29 bits per heavy atom. The first-order chi connectivity index (χ1) is 10.2. The Hall–Kier alpha value is -0.580. The quantitative estimate of drug-likeness (QED) is 0.687. The molecular formula is C17H25BrN2O. The number of likely N-dealkylation sites (N-methyl/N-ethyl adjacent to an activating group) is 1. The summed E-state index contributed by atoms with van der Waals surface area (Å²) in [6.07, 6.45) is 5.38. The predicted molar refractivity (Wildman–Crippen MR) is 90.8 cm³/mol. The maximum Gasteiger partial charge on any atom is 0.0641 e. The van der Waals surface area contributed by atoms with Gasteiger partial charge in [-0.05, 0) is 49.3 Å². The fourth-order valence-corrected chi connectivity index (χ4v) is 2.79. The van der Waals surface area contributed by atoms with E-state index in [2.05, 4.69) is 51.4 Å². The van der Waals surface area contributed by atoms with Crippen LogP contribution in [0.4, 0.5) is 5.69 Å². The highest BCUT2D eigenvalue weighted by atomic mass is 79.9. The van der Waals surface area contributed by atoms with Gasteiger partial charge in [0.15, 0.2) is 0 Å². The number of hydrogen-bond donors (Lipinski definition) is 1. The van der Waals surface area contributed by atoms with Gasteiger partial charge < -0.3 is 15.0 Å². The van der Waals surface area contributed by atoms with E-state index < -0.39 is 0 Å². The summed E-state index contributed by atoms with van der Waals surface area (Å²) in [4.78, 5) is 2.31. The summed E-state index contributed by atoms with van der Waals surface area (Å²) in [6, 6.07) is 7.31. The van der Waals surface area contributed by atoms with Crippen LogP contribution in [-0.2, 0) is 11.3 Å². The second kappa shape index (κ2) is 7.12. The molecule has 0 aromatic heterocycles. The zero-order chi connectivity index (χ0) is 14.7. The van der Waals surface area contributed by atoms with Gasteiger partial charge in [0.1, 0.15) is 0 Å². The third-order valence-corrected chi connectivity index (χ3v) is 4.73. The van der Waals surface area contributed by atoms with Crippen molar-refractivity contribution < 1.29 is 4.74 Å². The molecule has 2 fully saturated rings. The van der Waals surface area contributed by atoms with E-state index in [0.717, 1.165) is 42.7 Å². The van der Waals surface area contributed by atoms with Crippen LogP contribution in [0.2, 0.25) is 0 Å². The minimum absolute atomic E-state index is 0.744. The van der Waals surface area contributed by atoms with Crippen molar-refractivity contribution in [3.05, 3.63) is 28.2 Å². The number of hydrogen-bond acceptors (Lipinski definition) is 3. The van der Waals surface area contributed by atoms with Gasteiger partial charge >= 0.3 is 0 Å². The van der Waals surface area contributed by atoms with Crippen molar-refractivity contribution in [2.45, 2.75) is 38.3 Å². The van der Waals surface area contributed by atoms with Crippen molar-refractivity contribution in [1.82, 2.24) is 5.32 Å². The summed E-state index contributed by atoms with van der Waals surface area (Å²) in [6.45, 7) is 3.66. The number of anilines is 1. The molecule has 0 atom stereocenters. The molecule has 0 amide bonds. The number of nitrogens with one attached hydrogen (secondary N) is 1. The molecular weight excluding hydrogens is 328 g/mol. The monoisotopic (exact) mass is 352 g/mol. The summed E-state index contributed by atoms with van der Waals surface area (Å²) in [7, 11) is 2.16. The Labute approximate surface area is 136 Å². The second-order valence-electron chi connectivity index (χ2n) is 6.37. The molecule has 0 heterocycles. The average Bonchev–Trinajstić information content (AvgIpc) is 3.36. The average molecular weight is 353 g/mol. The molecule has 3 rings (SSSR count). The van der Waals surface area contributed by atoms with Crippen LogP contribution >= 0.6 is 15.9 Å². The predicted octanol–water partition coefficient (Wildman–Crippen LogP) is 3.56. The molecule has 2 aliphatic carbocycles. The third-order valence-electron chi connectivity index (χ3n) is 4.24. The molecule has 4 heteroatoms. The molecule has 1 N–H and O–H groups in total. The highest BCUT2D eigenvalue weighted by molar-refractivity contribution is 9.10. The maximum atomic E-state index is 5.76. The van der Waals surface area contributed by atoms with Crippen molar-refractivity contribution in [2.75, 3.05) is 31.7 Å². The van der Waals surface area contributed by atoms with Gasteiger partial charge in [-0.25, -0.2) is 0 Å². The van der Waals surface area contributed by atoms with Gasteiger partial charge in [-0.3, -0.25) is 0 Å². The van der Waals surface area contributed by atoms with Crippen molar-refractivity contribution in [2.24, 2.45) is 5.92 Å². The van der Waals surface area contributed by atoms with Crippen LogP contribution < -0.4 is 10.2 Å². The fraction of sp³-hybridized carbons (Fsp3) is 0.647. The topological polar surface area (TPSA) is 24.5 Å². The van der Waals surface area contributed by atoms with E-state index in [4.69, 9.17) is 4.74 Å². The lowest BCUT2D eigenvalue weighted by molar-refractivity contribution is 0.131. The third kappa shape index (κ3) is 4.97. The molecule has 2 aliphatic rings. The standard InChI is InChI=1S/C17H25BrN2O/c1-20(8-9-21-12-13-2-3-13)17-10-15(18)5-4-14(17)11-19-16-6-7-16/h4-5,10,13,16,19H,2-3,6-9,11-12H2,1H3. The summed E-state index contributed by atoms with van der Waals surface area (Å²) < 4.78 is 6.90. The van der Waals surface area contributed by atoms with Gasteiger partial charge in [0, 0.05) is 42.9 Å². The number of nitrogens with zero attached hydrogens (tertiary/aromatic N) is 1. The first kappa shape index (κ1) is 15.3. The van der Waals surface area contributed by atoms with Gasteiger partial charge in [0.2, 0.25) is 0 Å². The molecule has 21 heavy (non-hydrogen) atoms. The molecule has 0 spiro atoms. The van der Waals surface area contributed by atoms with E-state index in [1.165, 1.54) is 36.9 Å². The van der Waals surface area contributed by atoms with Crippen LogP contribution in [0, 0.1) is 5.92 Å². The summed E-state index contributed by atoms with van der Waals surface area (Å²) in [5, 5.41) is 3.60. The number of rotatable bonds is 9. The van der Waals surface area contributed by atoms with Crippen molar-refractivity contribution in [3.8, 4) is 0 Å². The van der Waals surface area contributed by atoms with Gasteiger partial charge in [-0.2, -0.15) is 0 Å². The minimum atomic E-state index is 0.744. The highest BCUT2D eigenvalue weighted by Gasteiger charge is 2.22. The summed E-state index contributed by atoms with van der Waals surface area (Å²) in [5.74, 6) is 0.847. The summed E-state index contributed by atoms with van der Waals surface area (Å²) >= 11 is 3.59. The van der Waals surface area contributed by atoms with E-state index in [9.17, 15) is 0 Å². The SMILES string of the molecule is CN(CCOCC1CC1)c1cc(Br)ccc1CNC1CC1. The van der Waals surface area contributed by atoms with Gasteiger partial charge in [-0.15, -0.1) is 0 Å². The number of halogens is 1. The van der Waals surface area contributed by atoms with Crippen LogP contribution in [0.5, 0.6) is 0 Å². The molecule has 0 bridgehead atoms. The van der Waals surface area contributed by atoms with Crippen LogP contribution in [0.15, 0.2) is 22.7 Å². The maximum absolute atomic E-state index is 5.76. The van der Waals surface area contributed by atoms with Crippen LogP contribution in [0.25, 0.3) is 0 Å². The lowest BCUT2D eigenvalue weighted by Gasteiger charge is -2.23. The Kier molecular flexibility index (Phi) is 5.19. The van der Waals surface area contributed by atoms with E-state index >= 15 is 0 Å². The number of ether oxygens (including phenoxy) is 1. The molecule has 1 aromatic carbocycles. The molecule has 3 nitrogen and oxygen atoms in total. The molecule has 0 unspecified atom stereocenters. The lowest BCUT2D eigenvalue weighted by atomic mass is 10.1. The van der Waals surface area contributed by atoms with Crippen LogP contribution in [-0.4, -0.2) is 32.8 Å². The molecule has 0 aliphatic heterocycles. The zero-order valence-electron chi connectivity index (χ0n) is 12.8. The number of benzene rings is 1. The van der Waals surface area contributed by atoms with E-state index in [1.54, 1.807) is 0 Å². The second-order valence-corrected chi connectivity index (χ2v) is 7.28. The zero-order valence-corrected chi connectivity index (χ0v) is 14.4. The smallest absolute Gasteiger partial charge is 0.0641 e. The van der Waals surface area contributed by atoms with Gasteiger partial charge in [0.05, 0.1) is 6.61 Å². The van der Waals surface area contributed by atoms with Crippen molar-refractivity contribution >= 4 is 21.6 Å². The highest BCUT2D eigenvalue weighted by Crippen LogP contribution is 2.29. The van der Waals surface area contributed by atoms with Crippen molar-refractivity contribution in [1.29, 1.82) is 0 Å². The molecule has 1 aromatic rings. The van der Waals surface area contributed by atoms with E-state index in [0.29, 0.717) is 0 Å². The normalized spacial score (nSPS) is 18.0. The molecule has 116 valence electrons. The first-order valence-corrected chi connectivity index (χ1v) is 8.82. The van der Waals surface area contributed by atoms with Crippen LogP contribution in [0.1, 0.15) is 31.2 Å². The Bertz CT molecular complexity index is 472. The lowest BCUT2D eigenvalue weighted by Crippen LogP contribution is -2.25. The van der Waals surface area contributed by atoms with E-state index in [1.807, 2.05) is 0 Å². The minimum Gasteiger partial charge on any atom is -0.379 e. The molecule has 0 radical (unpaired) electrons. The summed E-state index contributed by atoms with van der Waals surface area (Å²) in [5.41, 5.74) is 2.67.